The molecule has 10 heteroatoms. The highest BCUT2D eigenvalue weighted by atomic mass is 16.6. The summed E-state index contributed by atoms with van der Waals surface area (Å²) in [4.78, 5) is 48.9. The summed E-state index contributed by atoms with van der Waals surface area (Å²) in [5, 5.41) is 26.6. The molecule has 0 bridgehead atoms. The summed E-state index contributed by atoms with van der Waals surface area (Å²) in [5.41, 5.74) is 1.37. The van der Waals surface area contributed by atoms with Gasteiger partial charge in [0.2, 0.25) is 0 Å². The molecule has 3 rings (SSSR count). The number of aliphatic carboxylic acids is 1. The first-order valence-corrected chi connectivity index (χ1v) is 10.3. The quantitative estimate of drug-likeness (QED) is 0.321. The van der Waals surface area contributed by atoms with Crippen LogP contribution < -0.4 is 10.6 Å². The Morgan fingerprint density at radius 2 is 1.71 bits per heavy atom. The van der Waals surface area contributed by atoms with Crippen LogP contribution in [0.4, 0.5) is 5.69 Å². The van der Waals surface area contributed by atoms with Crippen molar-refractivity contribution in [3.05, 3.63) is 98.4 Å². The molecule has 0 saturated carbocycles. The Morgan fingerprint density at radius 1 is 1.06 bits per heavy atom. The summed E-state index contributed by atoms with van der Waals surface area (Å²) in [6, 6.07) is 12.4. The zero-order chi connectivity index (χ0) is 25.0. The number of esters is 1. The van der Waals surface area contributed by atoms with E-state index in [0.717, 1.165) is 0 Å². The largest absolute Gasteiger partial charge is 0.479 e. The molecular formula is C24H23N3O7. The van der Waals surface area contributed by atoms with E-state index in [2.05, 4.69) is 10.6 Å². The molecule has 0 aliphatic carbocycles. The van der Waals surface area contributed by atoms with Gasteiger partial charge < -0.3 is 20.5 Å². The zero-order valence-electron chi connectivity index (χ0n) is 18.7. The molecule has 176 valence electrons. The summed E-state index contributed by atoms with van der Waals surface area (Å²) >= 11 is 0. The van der Waals surface area contributed by atoms with Gasteiger partial charge in [0.15, 0.2) is 6.04 Å². The Morgan fingerprint density at radius 3 is 2.29 bits per heavy atom. The average molecular weight is 465 g/mol. The Labute approximate surface area is 195 Å². The van der Waals surface area contributed by atoms with Gasteiger partial charge >= 0.3 is 11.9 Å². The number of carboxylic acid groups (broad SMARTS) is 1. The lowest BCUT2D eigenvalue weighted by Crippen LogP contribution is -2.40. The monoisotopic (exact) mass is 465 g/mol. The van der Waals surface area contributed by atoms with Crippen molar-refractivity contribution in [2.75, 3.05) is 7.11 Å². The highest BCUT2D eigenvalue weighted by molar-refractivity contribution is 6.03. The second-order valence-corrected chi connectivity index (χ2v) is 7.63. The van der Waals surface area contributed by atoms with Crippen LogP contribution in [0.1, 0.15) is 36.9 Å². The number of nitro benzene ring substituents is 1. The van der Waals surface area contributed by atoms with Crippen molar-refractivity contribution in [3.8, 4) is 0 Å². The number of hydrogen-bond donors (Lipinski definition) is 3. The number of rotatable bonds is 7. The molecule has 1 heterocycles. The molecule has 1 aliphatic rings. The number of benzene rings is 2. The van der Waals surface area contributed by atoms with Crippen molar-refractivity contribution >= 4 is 23.5 Å². The minimum Gasteiger partial charge on any atom is -0.479 e. The van der Waals surface area contributed by atoms with E-state index in [0.29, 0.717) is 22.5 Å². The summed E-state index contributed by atoms with van der Waals surface area (Å²) in [6.45, 7) is 3.23. The third-order valence-corrected chi connectivity index (χ3v) is 5.48. The van der Waals surface area contributed by atoms with Gasteiger partial charge in [-0.25, -0.2) is 9.59 Å². The van der Waals surface area contributed by atoms with Gasteiger partial charge in [0.05, 0.1) is 23.5 Å². The number of methoxy groups -OCH3 is 1. The Kier molecular flexibility index (Phi) is 7.10. The summed E-state index contributed by atoms with van der Waals surface area (Å²) in [5.74, 6) is -3.77. The molecule has 2 aromatic rings. The number of ether oxygens (including phenoxy) is 1. The van der Waals surface area contributed by atoms with Crippen LogP contribution in [0.15, 0.2) is 77.1 Å². The first-order valence-electron chi connectivity index (χ1n) is 10.3. The van der Waals surface area contributed by atoms with Crippen LogP contribution in [-0.2, 0) is 19.1 Å². The van der Waals surface area contributed by atoms with Gasteiger partial charge in [-0.15, -0.1) is 0 Å². The number of nitro groups is 1. The van der Waals surface area contributed by atoms with Gasteiger partial charge in [0.25, 0.3) is 11.6 Å². The second kappa shape index (κ2) is 9.99. The van der Waals surface area contributed by atoms with Crippen LogP contribution in [0.3, 0.4) is 0 Å². The van der Waals surface area contributed by atoms with Crippen LogP contribution in [0.5, 0.6) is 0 Å². The molecule has 10 nitrogen and oxygen atoms in total. The number of nitrogens with one attached hydrogen (secondary N) is 2. The molecule has 0 radical (unpaired) electrons. The van der Waals surface area contributed by atoms with Crippen LogP contribution in [0.25, 0.3) is 0 Å². The lowest BCUT2D eigenvalue weighted by Gasteiger charge is -2.31. The lowest BCUT2D eigenvalue weighted by molar-refractivity contribution is -0.384. The van der Waals surface area contributed by atoms with Crippen molar-refractivity contribution in [2.24, 2.45) is 0 Å². The second-order valence-electron chi connectivity index (χ2n) is 7.63. The molecule has 3 N–H and O–H groups in total. The molecule has 1 aliphatic heterocycles. The molecule has 2 aromatic carbocycles. The van der Waals surface area contributed by atoms with E-state index in [1.165, 1.54) is 25.3 Å². The maximum atomic E-state index is 13.5. The number of amides is 1. The zero-order valence-corrected chi connectivity index (χ0v) is 18.7. The van der Waals surface area contributed by atoms with Gasteiger partial charge in [-0.1, -0.05) is 42.5 Å². The smallest absolute Gasteiger partial charge is 0.336 e. The van der Waals surface area contributed by atoms with E-state index in [1.54, 1.807) is 50.2 Å². The van der Waals surface area contributed by atoms with E-state index >= 15 is 0 Å². The first-order chi connectivity index (χ1) is 16.1. The number of dihydropyridines is 1. The Bertz CT molecular complexity index is 1220. The molecule has 1 amide bonds. The van der Waals surface area contributed by atoms with Crippen LogP contribution in [-0.4, -0.2) is 35.0 Å². The van der Waals surface area contributed by atoms with E-state index in [1.807, 2.05) is 0 Å². The summed E-state index contributed by atoms with van der Waals surface area (Å²) in [7, 11) is 1.19. The van der Waals surface area contributed by atoms with Crippen molar-refractivity contribution in [2.45, 2.75) is 25.8 Å². The molecular weight excluding hydrogens is 442 g/mol. The van der Waals surface area contributed by atoms with Gasteiger partial charge in [-0.3, -0.25) is 14.9 Å². The number of carbonyl (C=O) groups excluding carboxylic acids is 2. The Balaban J connectivity index is 2.12. The number of carboxylic acids is 1. The standard InChI is InChI=1S/C24H23N3O7/c1-13-18(22(28)26-21(23(29)30)15-8-5-4-6-9-15)20(19(14(2)25-13)24(31)34-3)16-10-7-11-17(12-16)27(32)33/h4-12,20-21,25H,1-3H3,(H,26,28)(H,29,30). The highest BCUT2D eigenvalue weighted by Crippen LogP contribution is 2.40. The molecule has 2 atom stereocenters. The maximum absolute atomic E-state index is 13.5. The fourth-order valence-corrected chi connectivity index (χ4v) is 3.97. The van der Waals surface area contributed by atoms with Crippen molar-refractivity contribution in [1.29, 1.82) is 0 Å². The van der Waals surface area contributed by atoms with Crippen LogP contribution in [0.2, 0.25) is 0 Å². The van der Waals surface area contributed by atoms with E-state index < -0.39 is 34.7 Å². The van der Waals surface area contributed by atoms with Crippen LogP contribution in [0, 0.1) is 10.1 Å². The predicted octanol–water partition coefficient (Wildman–Crippen LogP) is 2.94. The fraction of sp³-hybridized carbons (Fsp3) is 0.208. The molecule has 0 spiro atoms. The number of allylic oxidation sites excluding steroid dienone is 2. The predicted molar refractivity (Wildman–Crippen MR) is 121 cm³/mol. The summed E-state index contributed by atoms with van der Waals surface area (Å²) < 4.78 is 4.92. The van der Waals surface area contributed by atoms with Gasteiger partial charge in [0.1, 0.15) is 0 Å². The van der Waals surface area contributed by atoms with Crippen molar-refractivity contribution in [3.63, 3.8) is 0 Å². The normalized spacial score (nSPS) is 16.4. The fourth-order valence-electron chi connectivity index (χ4n) is 3.97. The molecule has 34 heavy (non-hydrogen) atoms. The van der Waals surface area contributed by atoms with E-state index in [-0.39, 0.29) is 16.8 Å². The number of carbonyl (C=O) groups is 3. The van der Waals surface area contributed by atoms with E-state index in [9.17, 15) is 29.6 Å². The summed E-state index contributed by atoms with van der Waals surface area (Å²) in [6.07, 6.45) is 0. The molecule has 2 unspecified atom stereocenters. The lowest BCUT2D eigenvalue weighted by atomic mass is 9.79. The third kappa shape index (κ3) is 4.80. The van der Waals surface area contributed by atoms with Crippen LogP contribution >= 0.6 is 0 Å². The maximum Gasteiger partial charge on any atom is 0.336 e. The van der Waals surface area contributed by atoms with E-state index in [4.69, 9.17) is 4.74 Å². The van der Waals surface area contributed by atoms with Crippen molar-refractivity contribution in [1.82, 2.24) is 10.6 Å². The van der Waals surface area contributed by atoms with Gasteiger partial charge in [-0.2, -0.15) is 0 Å². The average Bonchev–Trinajstić information content (AvgIpc) is 2.81. The molecule has 0 saturated heterocycles. The highest BCUT2D eigenvalue weighted by Gasteiger charge is 2.38. The Hall–Kier alpha value is -4.47. The minimum absolute atomic E-state index is 0.0497. The minimum atomic E-state index is -1.35. The van der Waals surface area contributed by atoms with Gasteiger partial charge in [0, 0.05) is 29.1 Å². The first kappa shape index (κ1) is 24.2. The SMILES string of the molecule is COC(=O)C1=C(C)NC(C)=C(C(=O)NC(C(=O)O)c2ccccc2)C1c1cccc([N+](=O)[O-])c1. The number of non-ortho nitro benzene ring substituents is 1. The topological polar surface area (TPSA) is 148 Å². The molecule has 0 aromatic heterocycles. The van der Waals surface area contributed by atoms with Gasteiger partial charge in [-0.05, 0) is 25.0 Å². The third-order valence-electron chi connectivity index (χ3n) is 5.48. The number of hydrogen-bond acceptors (Lipinski definition) is 7. The van der Waals surface area contributed by atoms with Crippen molar-refractivity contribution < 1.29 is 29.2 Å². The molecule has 0 fully saturated rings. The number of nitrogens with zero attached hydrogens (tertiary/aromatic N) is 1.